The van der Waals surface area contributed by atoms with E-state index in [1.807, 2.05) is 21.7 Å². The van der Waals surface area contributed by atoms with Crippen molar-refractivity contribution in [1.29, 1.82) is 0 Å². The molecule has 1 aromatic heterocycles. The van der Waals surface area contributed by atoms with Gasteiger partial charge in [-0.3, -0.25) is 4.79 Å². The molecule has 3 rings (SSSR count). The highest BCUT2D eigenvalue weighted by molar-refractivity contribution is 9.10. The lowest BCUT2D eigenvalue weighted by atomic mass is 9.93. The number of nitrogens with zero attached hydrogens (tertiary/aromatic N) is 2. The van der Waals surface area contributed by atoms with Crippen molar-refractivity contribution >= 4 is 21.8 Å². The molecule has 0 aromatic carbocycles. The van der Waals surface area contributed by atoms with Crippen molar-refractivity contribution in [3.63, 3.8) is 0 Å². The van der Waals surface area contributed by atoms with Gasteiger partial charge in [0.1, 0.15) is 5.69 Å². The molecule has 0 aliphatic carbocycles. The molecule has 0 bridgehead atoms. The molecule has 2 aliphatic heterocycles. The number of aryl methyl sites for hydroxylation is 1. The summed E-state index contributed by atoms with van der Waals surface area (Å²) in [5.41, 5.74) is 0.804. The lowest BCUT2D eigenvalue weighted by Gasteiger charge is -2.35. The van der Waals surface area contributed by atoms with Gasteiger partial charge in [0.2, 0.25) is 0 Å². The molecule has 19 heavy (non-hydrogen) atoms. The monoisotopic (exact) mass is 325 g/mol. The first kappa shape index (κ1) is 13.2. The number of likely N-dealkylation sites (tertiary alicyclic amines) is 1. The normalized spacial score (nSPS) is 26.5. The fourth-order valence-corrected chi connectivity index (χ4v) is 3.77. The smallest absolute Gasteiger partial charge is 0.270 e. The van der Waals surface area contributed by atoms with Gasteiger partial charge >= 0.3 is 0 Å². The average molecular weight is 326 g/mol. The van der Waals surface area contributed by atoms with Crippen molar-refractivity contribution in [2.45, 2.75) is 32.4 Å². The molecule has 0 saturated carbocycles. The summed E-state index contributed by atoms with van der Waals surface area (Å²) in [5.74, 6) is 0.823. The Morgan fingerprint density at radius 3 is 3.16 bits per heavy atom. The van der Waals surface area contributed by atoms with Gasteiger partial charge in [0.25, 0.3) is 5.91 Å². The molecule has 3 heterocycles. The number of amides is 1. The molecular formula is C14H20BrN3O. The van der Waals surface area contributed by atoms with Crippen LogP contribution in [0.4, 0.5) is 0 Å². The molecule has 4 nitrogen and oxygen atoms in total. The molecule has 5 heteroatoms. The van der Waals surface area contributed by atoms with Crippen LogP contribution < -0.4 is 5.32 Å². The lowest BCUT2D eigenvalue weighted by Crippen LogP contribution is -2.47. The third kappa shape index (κ3) is 2.46. The SMILES string of the molecule is CCn1cc(Br)cc1C(=O)N1CCC2NCCC2C1. The highest BCUT2D eigenvalue weighted by Crippen LogP contribution is 2.26. The van der Waals surface area contributed by atoms with E-state index in [4.69, 9.17) is 0 Å². The van der Waals surface area contributed by atoms with E-state index in [-0.39, 0.29) is 5.91 Å². The number of piperidine rings is 1. The molecular weight excluding hydrogens is 306 g/mol. The average Bonchev–Trinajstić information content (AvgIpc) is 3.02. The first-order valence-electron chi connectivity index (χ1n) is 7.07. The predicted octanol–water partition coefficient (Wildman–Crippen LogP) is 2.09. The number of hydrogen-bond donors (Lipinski definition) is 1. The van der Waals surface area contributed by atoms with Crippen LogP contribution in [0.15, 0.2) is 16.7 Å². The van der Waals surface area contributed by atoms with Crippen LogP contribution in [0.1, 0.15) is 30.3 Å². The quantitative estimate of drug-likeness (QED) is 0.904. The van der Waals surface area contributed by atoms with E-state index in [9.17, 15) is 4.79 Å². The van der Waals surface area contributed by atoms with E-state index < -0.39 is 0 Å². The molecule has 2 unspecified atom stereocenters. The number of carbonyl (C=O) groups excluding carboxylic acids is 1. The van der Waals surface area contributed by atoms with Gasteiger partial charge in [-0.15, -0.1) is 0 Å². The van der Waals surface area contributed by atoms with E-state index in [0.29, 0.717) is 12.0 Å². The zero-order valence-electron chi connectivity index (χ0n) is 11.2. The van der Waals surface area contributed by atoms with Crippen LogP contribution in [-0.2, 0) is 6.54 Å². The maximum Gasteiger partial charge on any atom is 0.270 e. The summed E-state index contributed by atoms with van der Waals surface area (Å²) in [7, 11) is 0. The van der Waals surface area contributed by atoms with Gasteiger partial charge in [0, 0.05) is 36.3 Å². The number of nitrogens with one attached hydrogen (secondary N) is 1. The van der Waals surface area contributed by atoms with Crippen molar-refractivity contribution in [2.75, 3.05) is 19.6 Å². The van der Waals surface area contributed by atoms with E-state index >= 15 is 0 Å². The maximum atomic E-state index is 12.6. The molecule has 0 radical (unpaired) electrons. The van der Waals surface area contributed by atoms with Gasteiger partial charge in [-0.25, -0.2) is 0 Å². The number of halogens is 1. The Morgan fingerprint density at radius 1 is 1.53 bits per heavy atom. The summed E-state index contributed by atoms with van der Waals surface area (Å²) in [6.45, 7) is 5.78. The lowest BCUT2D eigenvalue weighted by molar-refractivity contribution is 0.0651. The van der Waals surface area contributed by atoms with Crippen LogP contribution >= 0.6 is 15.9 Å². The maximum absolute atomic E-state index is 12.6. The van der Waals surface area contributed by atoms with Gasteiger partial charge in [0.15, 0.2) is 0 Å². The van der Waals surface area contributed by atoms with E-state index in [0.717, 1.165) is 42.8 Å². The van der Waals surface area contributed by atoms with Gasteiger partial charge in [-0.05, 0) is 54.2 Å². The van der Waals surface area contributed by atoms with Crippen molar-refractivity contribution in [2.24, 2.45) is 5.92 Å². The topological polar surface area (TPSA) is 37.3 Å². The standard InChI is InChI=1S/C14H20BrN3O/c1-2-17-9-11(15)7-13(17)14(19)18-6-4-12-10(8-18)3-5-16-12/h7,9-10,12,16H,2-6,8H2,1H3. The zero-order chi connectivity index (χ0) is 13.4. The van der Waals surface area contributed by atoms with Crippen LogP contribution in [0.25, 0.3) is 0 Å². The summed E-state index contributed by atoms with van der Waals surface area (Å²) in [6.07, 6.45) is 4.27. The molecule has 1 amide bonds. The minimum absolute atomic E-state index is 0.179. The van der Waals surface area contributed by atoms with Gasteiger partial charge in [-0.2, -0.15) is 0 Å². The fourth-order valence-electron chi connectivity index (χ4n) is 3.31. The number of rotatable bonds is 2. The van der Waals surface area contributed by atoms with Crippen LogP contribution in [0.5, 0.6) is 0 Å². The Hall–Kier alpha value is -0.810. The molecule has 2 atom stereocenters. The van der Waals surface area contributed by atoms with E-state index in [2.05, 4.69) is 28.2 Å². The fraction of sp³-hybridized carbons (Fsp3) is 0.643. The van der Waals surface area contributed by atoms with Crippen molar-refractivity contribution in [3.05, 3.63) is 22.4 Å². The van der Waals surface area contributed by atoms with Crippen molar-refractivity contribution in [3.8, 4) is 0 Å². The largest absolute Gasteiger partial charge is 0.343 e. The molecule has 104 valence electrons. The Balaban J connectivity index is 1.76. The second-order valence-electron chi connectivity index (χ2n) is 5.48. The predicted molar refractivity (Wildman–Crippen MR) is 78.2 cm³/mol. The van der Waals surface area contributed by atoms with Gasteiger partial charge < -0.3 is 14.8 Å². The van der Waals surface area contributed by atoms with E-state index in [1.54, 1.807) is 0 Å². The molecule has 0 spiro atoms. The van der Waals surface area contributed by atoms with Crippen molar-refractivity contribution < 1.29 is 4.79 Å². The van der Waals surface area contributed by atoms with Gasteiger partial charge in [0.05, 0.1) is 0 Å². The summed E-state index contributed by atoms with van der Waals surface area (Å²) in [6, 6.07) is 2.57. The molecule has 2 fully saturated rings. The number of carbonyl (C=O) groups is 1. The molecule has 1 N–H and O–H groups in total. The van der Waals surface area contributed by atoms with Crippen LogP contribution in [0.3, 0.4) is 0 Å². The van der Waals surface area contributed by atoms with Crippen molar-refractivity contribution in [1.82, 2.24) is 14.8 Å². The second-order valence-corrected chi connectivity index (χ2v) is 6.39. The first-order valence-corrected chi connectivity index (χ1v) is 7.86. The number of fused-ring (bicyclic) bond motifs is 1. The van der Waals surface area contributed by atoms with Gasteiger partial charge in [-0.1, -0.05) is 0 Å². The van der Waals surface area contributed by atoms with Crippen LogP contribution in [0, 0.1) is 5.92 Å². The highest BCUT2D eigenvalue weighted by atomic mass is 79.9. The molecule has 2 aliphatic rings. The summed E-state index contributed by atoms with van der Waals surface area (Å²) < 4.78 is 3.00. The second kappa shape index (κ2) is 5.29. The zero-order valence-corrected chi connectivity index (χ0v) is 12.8. The highest BCUT2D eigenvalue weighted by Gasteiger charge is 2.35. The molecule has 2 saturated heterocycles. The van der Waals surface area contributed by atoms with E-state index in [1.165, 1.54) is 6.42 Å². The third-order valence-corrected chi connectivity index (χ3v) is 4.80. The van der Waals surface area contributed by atoms with Crippen LogP contribution in [0.2, 0.25) is 0 Å². The Bertz CT molecular complexity index is 485. The number of aromatic nitrogens is 1. The van der Waals surface area contributed by atoms with Crippen LogP contribution in [-0.4, -0.2) is 41.1 Å². The Morgan fingerprint density at radius 2 is 2.37 bits per heavy atom. The minimum Gasteiger partial charge on any atom is -0.343 e. The molecule has 1 aromatic rings. The first-order chi connectivity index (χ1) is 9.19. The summed E-state index contributed by atoms with van der Waals surface area (Å²) >= 11 is 3.46. The summed E-state index contributed by atoms with van der Waals surface area (Å²) in [4.78, 5) is 14.7. The minimum atomic E-state index is 0.179. The Kier molecular flexibility index (Phi) is 3.67. The third-order valence-electron chi connectivity index (χ3n) is 4.37. The number of hydrogen-bond acceptors (Lipinski definition) is 2. The summed E-state index contributed by atoms with van der Waals surface area (Å²) in [5, 5.41) is 3.53. The Labute approximate surface area is 122 Å².